The summed E-state index contributed by atoms with van der Waals surface area (Å²) in [5.41, 5.74) is 3.05. The Bertz CT molecular complexity index is 472. The maximum atomic E-state index is 2.37. The summed E-state index contributed by atoms with van der Waals surface area (Å²) in [5.74, 6) is 0. The standard InChI is InChI=1S/C14H19N/c1-11-9-15(10-14(2,3)4)13-8-6-5-7-12(11)13/h5-9H,10H2,1-4H3. The second-order valence-electron chi connectivity index (χ2n) is 5.52. The van der Waals surface area contributed by atoms with Crippen LogP contribution in [0.1, 0.15) is 26.3 Å². The summed E-state index contributed by atoms with van der Waals surface area (Å²) in [7, 11) is 0. The largest absolute Gasteiger partial charge is 0.347 e. The first-order valence-electron chi connectivity index (χ1n) is 5.52. The lowest BCUT2D eigenvalue weighted by atomic mass is 9.97. The number of hydrogen-bond donors (Lipinski definition) is 0. The van der Waals surface area contributed by atoms with Crippen LogP contribution in [0.15, 0.2) is 30.5 Å². The van der Waals surface area contributed by atoms with Crippen LogP contribution in [0.25, 0.3) is 10.9 Å². The van der Waals surface area contributed by atoms with Crippen molar-refractivity contribution >= 4 is 10.9 Å². The van der Waals surface area contributed by atoms with Crippen molar-refractivity contribution in [3.05, 3.63) is 36.0 Å². The average molecular weight is 201 g/mol. The normalized spacial score (nSPS) is 12.3. The molecule has 0 N–H and O–H groups in total. The van der Waals surface area contributed by atoms with Gasteiger partial charge in [-0.25, -0.2) is 0 Å². The summed E-state index contributed by atoms with van der Waals surface area (Å²) < 4.78 is 2.37. The van der Waals surface area contributed by atoms with Gasteiger partial charge in [0, 0.05) is 23.6 Å². The van der Waals surface area contributed by atoms with Crippen molar-refractivity contribution in [2.45, 2.75) is 34.2 Å². The molecule has 0 unspecified atom stereocenters. The van der Waals surface area contributed by atoms with E-state index in [1.165, 1.54) is 16.5 Å². The number of aryl methyl sites for hydroxylation is 1. The second-order valence-corrected chi connectivity index (χ2v) is 5.52. The molecule has 2 aromatic rings. The lowest BCUT2D eigenvalue weighted by Crippen LogP contribution is -2.14. The fraction of sp³-hybridized carbons (Fsp3) is 0.429. The van der Waals surface area contributed by atoms with Gasteiger partial charge >= 0.3 is 0 Å². The third-order valence-corrected chi connectivity index (χ3v) is 2.63. The van der Waals surface area contributed by atoms with Crippen LogP contribution >= 0.6 is 0 Å². The molecule has 0 aliphatic rings. The predicted molar refractivity (Wildman–Crippen MR) is 66.1 cm³/mol. The molecule has 0 bridgehead atoms. The topological polar surface area (TPSA) is 4.93 Å². The number of para-hydroxylation sites is 1. The van der Waals surface area contributed by atoms with Gasteiger partial charge in [0.2, 0.25) is 0 Å². The van der Waals surface area contributed by atoms with Gasteiger partial charge in [-0.2, -0.15) is 0 Å². The molecule has 0 fully saturated rings. The van der Waals surface area contributed by atoms with Crippen LogP contribution in [-0.2, 0) is 6.54 Å². The molecule has 0 aliphatic heterocycles. The summed E-state index contributed by atoms with van der Waals surface area (Å²) in [5, 5.41) is 1.38. The zero-order valence-corrected chi connectivity index (χ0v) is 10.0. The van der Waals surface area contributed by atoms with Crippen LogP contribution in [0.5, 0.6) is 0 Å². The molecule has 0 spiro atoms. The van der Waals surface area contributed by atoms with E-state index in [1.807, 2.05) is 0 Å². The highest BCUT2D eigenvalue weighted by Crippen LogP contribution is 2.24. The van der Waals surface area contributed by atoms with Crippen molar-refractivity contribution < 1.29 is 0 Å². The van der Waals surface area contributed by atoms with Gasteiger partial charge in [0.1, 0.15) is 0 Å². The summed E-state index contributed by atoms with van der Waals surface area (Å²) in [6.45, 7) is 10.1. The minimum Gasteiger partial charge on any atom is -0.347 e. The molecular weight excluding hydrogens is 182 g/mol. The van der Waals surface area contributed by atoms with Gasteiger partial charge in [-0.05, 0) is 24.0 Å². The van der Waals surface area contributed by atoms with Crippen LogP contribution in [0, 0.1) is 12.3 Å². The Kier molecular flexibility index (Phi) is 2.34. The van der Waals surface area contributed by atoms with Crippen molar-refractivity contribution in [3.8, 4) is 0 Å². The van der Waals surface area contributed by atoms with Crippen LogP contribution in [0.2, 0.25) is 0 Å². The van der Waals surface area contributed by atoms with Gasteiger partial charge in [-0.15, -0.1) is 0 Å². The number of fused-ring (bicyclic) bond motifs is 1. The summed E-state index contributed by atoms with van der Waals surface area (Å²) in [4.78, 5) is 0. The Balaban J connectivity index is 2.53. The molecule has 0 amide bonds. The molecule has 80 valence electrons. The summed E-state index contributed by atoms with van der Waals surface area (Å²) >= 11 is 0. The van der Waals surface area contributed by atoms with E-state index >= 15 is 0 Å². The smallest absolute Gasteiger partial charge is 0.0483 e. The van der Waals surface area contributed by atoms with Gasteiger partial charge in [-0.1, -0.05) is 39.0 Å². The highest BCUT2D eigenvalue weighted by atomic mass is 15.0. The van der Waals surface area contributed by atoms with Gasteiger partial charge < -0.3 is 4.57 Å². The molecule has 1 nitrogen and oxygen atoms in total. The van der Waals surface area contributed by atoms with E-state index in [4.69, 9.17) is 0 Å². The Morgan fingerprint density at radius 1 is 1.13 bits per heavy atom. The van der Waals surface area contributed by atoms with Crippen molar-refractivity contribution in [1.29, 1.82) is 0 Å². The van der Waals surface area contributed by atoms with Crippen molar-refractivity contribution in [1.82, 2.24) is 4.57 Å². The Morgan fingerprint density at radius 3 is 2.47 bits per heavy atom. The molecule has 1 aromatic carbocycles. The molecule has 1 aromatic heterocycles. The lowest BCUT2D eigenvalue weighted by molar-refractivity contribution is 0.349. The van der Waals surface area contributed by atoms with E-state index in [1.54, 1.807) is 0 Å². The number of aromatic nitrogens is 1. The number of benzene rings is 1. The van der Waals surface area contributed by atoms with E-state index < -0.39 is 0 Å². The maximum absolute atomic E-state index is 2.37. The molecule has 2 rings (SSSR count). The first kappa shape index (κ1) is 10.3. The molecule has 0 atom stereocenters. The molecule has 1 heteroatoms. The molecule has 1 heterocycles. The highest BCUT2D eigenvalue weighted by molar-refractivity contribution is 5.83. The third kappa shape index (κ3) is 2.06. The van der Waals surface area contributed by atoms with Gasteiger partial charge in [-0.3, -0.25) is 0 Å². The quantitative estimate of drug-likeness (QED) is 0.657. The van der Waals surface area contributed by atoms with E-state index in [0.717, 1.165) is 6.54 Å². The molecule has 0 saturated heterocycles. The molecule has 0 aliphatic carbocycles. The van der Waals surface area contributed by atoms with Gasteiger partial charge in [0.25, 0.3) is 0 Å². The van der Waals surface area contributed by atoms with E-state index in [9.17, 15) is 0 Å². The van der Waals surface area contributed by atoms with Crippen LogP contribution in [0.4, 0.5) is 0 Å². The van der Waals surface area contributed by atoms with E-state index in [2.05, 4.69) is 62.7 Å². The van der Waals surface area contributed by atoms with Crippen molar-refractivity contribution in [2.75, 3.05) is 0 Å². The van der Waals surface area contributed by atoms with Crippen molar-refractivity contribution in [3.63, 3.8) is 0 Å². The first-order chi connectivity index (χ1) is 6.97. The molecule has 0 saturated carbocycles. The Labute approximate surface area is 91.7 Å². The van der Waals surface area contributed by atoms with Crippen LogP contribution < -0.4 is 0 Å². The van der Waals surface area contributed by atoms with E-state index in [0.29, 0.717) is 5.41 Å². The lowest BCUT2D eigenvalue weighted by Gasteiger charge is -2.19. The fourth-order valence-corrected chi connectivity index (χ4v) is 2.07. The van der Waals surface area contributed by atoms with Gasteiger partial charge in [0.15, 0.2) is 0 Å². The molecule has 0 radical (unpaired) electrons. The number of rotatable bonds is 1. The van der Waals surface area contributed by atoms with Gasteiger partial charge in [0.05, 0.1) is 0 Å². The second kappa shape index (κ2) is 3.41. The Morgan fingerprint density at radius 2 is 1.80 bits per heavy atom. The summed E-state index contributed by atoms with van der Waals surface area (Å²) in [6, 6.07) is 8.62. The Hall–Kier alpha value is -1.24. The number of nitrogens with zero attached hydrogens (tertiary/aromatic N) is 1. The minimum atomic E-state index is 0.328. The maximum Gasteiger partial charge on any atom is 0.0483 e. The minimum absolute atomic E-state index is 0.328. The zero-order valence-electron chi connectivity index (χ0n) is 10.0. The van der Waals surface area contributed by atoms with Crippen LogP contribution in [0.3, 0.4) is 0 Å². The summed E-state index contributed by atoms with van der Waals surface area (Å²) in [6.07, 6.45) is 2.26. The molecule has 15 heavy (non-hydrogen) atoms. The highest BCUT2D eigenvalue weighted by Gasteiger charge is 2.13. The van der Waals surface area contributed by atoms with E-state index in [-0.39, 0.29) is 0 Å². The van der Waals surface area contributed by atoms with Crippen molar-refractivity contribution in [2.24, 2.45) is 5.41 Å². The predicted octanol–water partition coefficient (Wildman–Crippen LogP) is 4.00. The first-order valence-corrected chi connectivity index (χ1v) is 5.52. The third-order valence-electron chi connectivity index (χ3n) is 2.63. The number of hydrogen-bond acceptors (Lipinski definition) is 0. The molecular formula is C14H19N. The zero-order chi connectivity index (χ0) is 11.1. The monoisotopic (exact) mass is 201 g/mol. The SMILES string of the molecule is Cc1cn(CC(C)(C)C)c2ccccc12. The fourth-order valence-electron chi connectivity index (χ4n) is 2.07. The average Bonchev–Trinajstić information content (AvgIpc) is 2.42. The van der Waals surface area contributed by atoms with Crippen LogP contribution in [-0.4, -0.2) is 4.57 Å².